The quantitative estimate of drug-likeness (QED) is 0.640. The lowest BCUT2D eigenvalue weighted by molar-refractivity contribution is 0.879. The molecule has 0 aromatic carbocycles. The van der Waals surface area contributed by atoms with Crippen molar-refractivity contribution in [3.8, 4) is 10.7 Å². The largest absolute Gasteiger partial charge is 0.329 e. The molecule has 3 rings (SSSR count). The molecule has 0 N–H and O–H groups in total. The number of aromatic nitrogens is 4. The van der Waals surface area contributed by atoms with Crippen LogP contribution in [0.25, 0.3) is 15.7 Å². The Balaban J connectivity index is 2.45. The average molecular weight is 238 g/mol. The molecule has 2 aliphatic heterocycles. The fourth-order valence-corrected chi connectivity index (χ4v) is 2.78. The van der Waals surface area contributed by atoms with Crippen LogP contribution in [-0.4, -0.2) is 19.6 Å². The Morgan fingerprint density at radius 3 is 3.13 bits per heavy atom. The van der Waals surface area contributed by atoms with Gasteiger partial charge in [0, 0.05) is 0 Å². The van der Waals surface area contributed by atoms with Crippen LogP contribution in [0.15, 0.2) is 11.0 Å². The van der Waals surface area contributed by atoms with E-state index in [1.807, 2.05) is 6.92 Å². The van der Waals surface area contributed by atoms with Gasteiger partial charge in [0.2, 0.25) is 4.96 Å². The van der Waals surface area contributed by atoms with Crippen LogP contribution in [0.3, 0.4) is 0 Å². The summed E-state index contributed by atoms with van der Waals surface area (Å²) < 4.78 is 1.65. The second-order valence-electron chi connectivity index (χ2n) is 2.97. The molecule has 5 nitrogen and oxygen atoms in total. The summed E-state index contributed by atoms with van der Waals surface area (Å²) in [5.74, 6) is 0.617. The molecule has 0 spiro atoms. The standard InChI is InChI=1S/C8H6N4OS2/c1-2-5-11-12-6-4(14-8(13)10-6)3-9-7(12)15-5/h3H,2H2,1H3. The predicted molar refractivity (Wildman–Crippen MR) is 58.8 cm³/mol. The molecule has 2 aliphatic rings. The van der Waals surface area contributed by atoms with Crippen LogP contribution in [0.1, 0.15) is 11.9 Å². The summed E-state index contributed by atoms with van der Waals surface area (Å²) in [5, 5.41) is 5.35. The van der Waals surface area contributed by atoms with Crippen molar-refractivity contribution in [1.82, 2.24) is 19.6 Å². The van der Waals surface area contributed by atoms with E-state index < -0.39 is 0 Å². The maximum Gasteiger partial charge on any atom is 0.329 e. The highest BCUT2D eigenvalue weighted by atomic mass is 32.1. The lowest BCUT2D eigenvalue weighted by Gasteiger charge is -1.95. The van der Waals surface area contributed by atoms with E-state index in [1.54, 1.807) is 10.7 Å². The number of aryl methyl sites for hydroxylation is 1. The lowest BCUT2D eigenvalue weighted by Crippen LogP contribution is -1.99. The van der Waals surface area contributed by atoms with Crippen LogP contribution in [0, 0.1) is 0 Å². The summed E-state index contributed by atoms with van der Waals surface area (Å²) in [6.45, 7) is 2.04. The minimum atomic E-state index is -0.196. The van der Waals surface area contributed by atoms with Gasteiger partial charge in [0.1, 0.15) is 5.01 Å². The number of fused-ring (bicyclic) bond motifs is 3. The van der Waals surface area contributed by atoms with Gasteiger partial charge in [0.05, 0.1) is 11.1 Å². The topological polar surface area (TPSA) is 60.2 Å². The maximum atomic E-state index is 11.2. The van der Waals surface area contributed by atoms with E-state index >= 15 is 0 Å². The molecule has 76 valence electrons. The van der Waals surface area contributed by atoms with Gasteiger partial charge in [-0.3, -0.25) is 4.79 Å². The zero-order valence-electron chi connectivity index (χ0n) is 7.80. The van der Waals surface area contributed by atoms with Crippen molar-refractivity contribution in [3.05, 3.63) is 20.9 Å². The molecule has 1 aromatic heterocycles. The van der Waals surface area contributed by atoms with Gasteiger partial charge in [-0.25, -0.2) is 4.98 Å². The summed E-state index contributed by atoms with van der Waals surface area (Å²) >= 11 is 2.62. The molecule has 0 bridgehead atoms. The van der Waals surface area contributed by atoms with Crippen molar-refractivity contribution in [3.63, 3.8) is 0 Å². The van der Waals surface area contributed by atoms with Gasteiger partial charge >= 0.3 is 4.87 Å². The summed E-state index contributed by atoms with van der Waals surface area (Å²) in [7, 11) is 0. The van der Waals surface area contributed by atoms with Gasteiger partial charge in [-0.15, -0.1) is 0 Å². The average Bonchev–Trinajstić information content (AvgIpc) is 2.78. The highest BCUT2D eigenvalue weighted by Crippen LogP contribution is 2.24. The molecule has 3 heterocycles. The van der Waals surface area contributed by atoms with Crippen LogP contribution >= 0.6 is 22.7 Å². The van der Waals surface area contributed by atoms with Crippen LogP contribution in [0.4, 0.5) is 0 Å². The smallest absolute Gasteiger partial charge is 0.255 e. The zero-order valence-corrected chi connectivity index (χ0v) is 9.43. The third-order valence-corrected chi connectivity index (χ3v) is 3.85. The Bertz CT molecular complexity index is 652. The van der Waals surface area contributed by atoms with Crippen LogP contribution in [0.2, 0.25) is 0 Å². The monoisotopic (exact) mass is 238 g/mol. The summed E-state index contributed by atoms with van der Waals surface area (Å²) in [6, 6.07) is 0. The Hall–Kier alpha value is -1.34. The summed E-state index contributed by atoms with van der Waals surface area (Å²) in [6.07, 6.45) is 2.55. The van der Waals surface area contributed by atoms with E-state index in [0.717, 1.165) is 32.6 Å². The van der Waals surface area contributed by atoms with Gasteiger partial charge < -0.3 is 0 Å². The molecular formula is C8H6N4OS2. The van der Waals surface area contributed by atoms with Crippen molar-refractivity contribution in [1.29, 1.82) is 0 Å². The molecule has 0 fully saturated rings. The van der Waals surface area contributed by atoms with E-state index in [-0.39, 0.29) is 4.87 Å². The van der Waals surface area contributed by atoms with Crippen LogP contribution in [0.5, 0.6) is 0 Å². The maximum absolute atomic E-state index is 11.2. The first-order valence-corrected chi connectivity index (χ1v) is 6.05. The first-order valence-electron chi connectivity index (χ1n) is 4.42. The van der Waals surface area contributed by atoms with Crippen LogP contribution < -0.4 is 4.87 Å². The SMILES string of the molecule is CCc1nn2c3nc(=O)sc-3cnc2s1. The number of thiazole rings is 1. The van der Waals surface area contributed by atoms with Gasteiger partial charge in [-0.05, 0) is 6.42 Å². The number of rotatable bonds is 1. The number of hydrogen-bond donors (Lipinski definition) is 0. The van der Waals surface area contributed by atoms with Gasteiger partial charge in [-0.1, -0.05) is 29.6 Å². The van der Waals surface area contributed by atoms with Crippen molar-refractivity contribution in [2.45, 2.75) is 13.3 Å². The van der Waals surface area contributed by atoms with Crippen molar-refractivity contribution < 1.29 is 0 Å². The van der Waals surface area contributed by atoms with Crippen molar-refractivity contribution in [2.75, 3.05) is 0 Å². The van der Waals surface area contributed by atoms with Crippen molar-refractivity contribution in [2.24, 2.45) is 0 Å². The Morgan fingerprint density at radius 2 is 2.33 bits per heavy atom. The molecule has 0 saturated carbocycles. The molecule has 0 saturated heterocycles. The molecule has 0 atom stereocenters. The molecule has 1 aromatic rings. The summed E-state index contributed by atoms with van der Waals surface area (Å²) in [5.41, 5.74) is 0. The molecule has 0 unspecified atom stereocenters. The first kappa shape index (κ1) is 8.93. The Morgan fingerprint density at radius 1 is 1.47 bits per heavy atom. The number of nitrogens with zero attached hydrogens (tertiary/aromatic N) is 4. The fourth-order valence-electron chi connectivity index (χ4n) is 1.34. The minimum Gasteiger partial charge on any atom is -0.255 e. The highest BCUT2D eigenvalue weighted by Gasteiger charge is 2.15. The number of hydrogen-bond acceptors (Lipinski definition) is 6. The molecule has 0 amide bonds. The minimum absolute atomic E-state index is 0.196. The van der Waals surface area contributed by atoms with Crippen molar-refractivity contribution >= 4 is 27.6 Å². The third kappa shape index (κ3) is 1.27. The molecular weight excluding hydrogens is 232 g/mol. The molecule has 0 radical (unpaired) electrons. The Labute approximate surface area is 92.4 Å². The van der Waals surface area contributed by atoms with E-state index in [4.69, 9.17) is 0 Å². The lowest BCUT2D eigenvalue weighted by atomic mass is 10.5. The second-order valence-corrected chi connectivity index (χ2v) is 5.00. The van der Waals surface area contributed by atoms with E-state index in [1.165, 1.54) is 11.3 Å². The van der Waals surface area contributed by atoms with Gasteiger partial charge in [-0.2, -0.15) is 14.6 Å². The fraction of sp³-hybridized carbons (Fsp3) is 0.250. The first-order chi connectivity index (χ1) is 7.28. The van der Waals surface area contributed by atoms with Crippen LogP contribution in [-0.2, 0) is 6.42 Å². The second kappa shape index (κ2) is 3.07. The molecule has 15 heavy (non-hydrogen) atoms. The predicted octanol–water partition coefficient (Wildman–Crippen LogP) is 1.27. The zero-order chi connectivity index (χ0) is 10.4. The van der Waals surface area contributed by atoms with E-state index in [9.17, 15) is 4.79 Å². The molecule has 7 heteroatoms. The highest BCUT2D eigenvalue weighted by molar-refractivity contribution is 7.16. The Kier molecular flexibility index (Phi) is 1.83. The van der Waals surface area contributed by atoms with E-state index in [0.29, 0.717) is 5.82 Å². The van der Waals surface area contributed by atoms with E-state index in [2.05, 4.69) is 15.1 Å². The third-order valence-electron chi connectivity index (χ3n) is 2.01. The summed E-state index contributed by atoms with van der Waals surface area (Å²) in [4.78, 5) is 20.7. The van der Waals surface area contributed by atoms with Gasteiger partial charge in [0.25, 0.3) is 0 Å². The van der Waals surface area contributed by atoms with Gasteiger partial charge in [0.15, 0.2) is 5.82 Å². The normalized spacial score (nSPS) is 11.5. The molecule has 0 aliphatic carbocycles.